The molecule has 2 saturated heterocycles. The smallest absolute Gasteiger partial charge is 0.488 e. The van der Waals surface area contributed by atoms with Gasteiger partial charge in [0.05, 0.1) is 23.6 Å². The van der Waals surface area contributed by atoms with Crippen molar-refractivity contribution in [3.05, 3.63) is 66.2 Å². The summed E-state index contributed by atoms with van der Waals surface area (Å²) in [6, 6.07) is 17.0. The maximum absolute atomic E-state index is 13.9. The summed E-state index contributed by atoms with van der Waals surface area (Å²) < 4.78 is 6.46. The Labute approximate surface area is 220 Å². The molecule has 2 heterocycles. The zero-order valence-electron chi connectivity index (χ0n) is 21.0. The molecule has 1 aliphatic carbocycles. The van der Waals surface area contributed by atoms with E-state index in [2.05, 4.69) is 0 Å². The molecular formula is C29H30BNO7. The summed E-state index contributed by atoms with van der Waals surface area (Å²) in [5, 5.41) is 43.2. The third-order valence-corrected chi connectivity index (χ3v) is 8.71. The number of rotatable bonds is 5. The second-order valence-electron chi connectivity index (χ2n) is 10.8. The molecule has 3 aromatic rings. The fraction of sp³-hybridized carbons (Fsp3) is 0.379. The molecular weight excluding hydrogens is 485 g/mol. The number of hydrogen-bond donors (Lipinski definition) is 4. The molecule has 0 aromatic heterocycles. The van der Waals surface area contributed by atoms with Gasteiger partial charge in [-0.2, -0.15) is 0 Å². The number of anilines is 1. The van der Waals surface area contributed by atoms with Crippen molar-refractivity contribution in [2.24, 2.45) is 23.7 Å². The minimum Gasteiger partial charge on any atom is -0.507 e. The Kier molecular flexibility index (Phi) is 6.07. The summed E-state index contributed by atoms with van der Waals surface area (Å²) in [7, 11) is -1.73. The van der Waals surface area contributed by atoms with Crippen LogP contribution in [0.25, 0.3) is 10.8 Å². The van der Waals surface area contributed by atoms with Crippen molar-refractivity contribution < 1.29 is 34.6 Å². The van der Waals surface area contributed by atoms with Crippen molar-refractivity contribution in [3.63, 3.8) is 0 Å². The van der Waals surface area contributed by atoms with Gasteiger partial charge in [-0.05, 0) is 53.9 Å². The number of ether oxygens (including phenoxy) is 1. The fourth-order valence-electron chi connectivity index (χ4n) is 7.02. The van der Waals surface area contributed by atoms with Crippen LogP contribution in [0, 0.1) is 23.7 Å². The SMILES string of the molecule is CCC[C@H]1C[C@@H]2C(=O)N(c3cccc(B(O)O)c3)C(=O)[C@@H]2[C@@H]2C[C@@H](c3ccc(O)c4ccccc34)O[C@]12O. The van der Waals surface area contributed by atoms with E-state index in [1.807, 2.05) is 31.2 Å². The van der Waals surface area contributed by atoms with Gasteiger partial charge in [-0.1, -0.05) is 55.8 Å². The number of benzene rings is 3. The number of amides is 2. The van der Waals surface area contributed by atoms with E-state index in [1.165, 1.54) is 12.1 Å². The molecule has 0 radical (unpaired) electrons. The first-order chi connectivity index (χ1) is 18.2. The normalized spacial score (nSPS) is 30.5. The lowest BCUT2D eigenvalue weighted by Crippen LogP contribution is -2.53. The predicted octanol–water partition coefficient (Wildman–Crippen LogP) is 2.62. The number of nitrogens with zero attached hydrogens (tertiary/aromatic N) is 1. The number of aliphatic hydroxyl groups is 1. The molecule has 0 spiro atoms. The molecule has 6 atom stereocenters. The van der Waals surface area contributed by atoms with E-state index in [-0.39, 0.29) is 28.7 Å². The lowest BCUT2D eigenvalue weighted by molar-refractivity contribution is -0.269. The van der Waals surface area contributed by atoms with Crippen LogP contribution in [0.2, 0.25) is 0 Å². The number of carbonyl (C=O) groups excluding carboxylic acids is 2. The second kappa shape index (κ2) is 9.20. The standard InChI is InChI=1S/C29H30BNO7/c1-2-6-16-13-22-26(28(34)31(27(22)33)18-8-5-7-17(14-18)30(36)37)23-15-25(38-29(16,23)35)21-11-12-24(32)20-10-4-3-9-19(20)21/h3-5,7-12,14,16,22-23,25-26,32,35-37H,2,6,13,15H2,1H3/t16-,22-,23-,25-,26-,29+/m0/s1. The van der Waals surface area contributed by atoms with Crippen LogP contribution in [0.1, 0.15) is 44.3 Å². The van der Waals surface area contributed by atoms with Gasteiger partial charge in [-0.3, -0.25) is 14.5 Å². The van der Waals surface area contributed by atoms with Crippen LogP contribution in [0.4, 0.5) is 5.69 Å². The monoisotopic (exact) mass is 515 g/mol. The number of imide groups is 1. The average molecular weight is 515 g/mol. The van der Waals surface area contributed by atoms with Crippen LogP contribution in [0.15, 0.2) is 60.7 Å². The van der Waals surface area contributed by atoms with Crippen molar-refractivity contribution >= 4 is 40.9 Å². The Hall–Kier alpha value is -3.24. The van der Waals surface area contributed by atoms with Gasteiger partial charge in [-0.15, -0.1) is 0 Å². The molecule has 8 nitrogen and oxygen atoms in total. The summed E-state index contributed by atoms with van der Waals surface area (Å²) >= 11 is 0. The zero-order valence-corrected chi connectivity index (χ0v) is 21.0. The van der Waals surface area contributed by atoms with E-state index in [0.717, 1.165) is 22.3 Å². The minimum absolute atomic E-state index is 0.157. The van der Waals surface area contributed by atoms with Crippen LogP contribution >= 0.6 is 0 Å². The Morgan fingerprint density at radius 1 is 1.00 bits per heavy atom. The predicted molar refractivity (Wildman–Crippen MR) is 141 cm³/mol. The average Bonchev–Trinajstić information content (AvgIpc) is 3.38. The third kappa shape index (κ3) is 3.68. The fourth-order valence-corrected chi connectivity index (χ4v) is 7.02. The quantitative estimate of drug-likeness (QED) is 0.304. The molecule has 1 saturated carbocycles. The van der Waals surface area contributed by atoms with Crippen LogP contribution in [-0.4, -0.2) is 45.0 Å². The highest BCUT2D eigenvalue weighted by atomic mass is 16.6. The van der Waals surface area contributed by atoms with E-state index in [9.17, 15) is 29.9 Å². The number of phenols is 1. The molecule has 4 N–H and O–H groups in total. The van der Waals surface area contributed by atoms with Crippen molar-refractivity contribution in [1.29, 1.82) is 0 Å². The van der Waals surface area contributed by atoms with Gasteiger partial charge in [0.2, 0.25) is 11.8 Å². The summed E-state index contributed by atoms with van der Waals surface area (Å²) in [5.41, 5.74) is 1.30. The molecule has 3 aromatic carbocycles. The summed E-state index contributed by atoms with van der Waals surface area (Å²) in [6.45, 7) is 2.02. The van der Waals surface area contributed by atoms with Gasteiger partial charge >= 0.3 is 7.12 Å². The Morgan fingerprint density at radius 3 is 2.50 bits per heavy atom. The second-order valence-corrected chi connectivity index (χ2v) is 10.8. The largest absolute Gasteiger partial charge is 0.507 e. The summed E-state index contributed by atoms with van der Waals surface area (Å²) in [4.78, 5) is 28.7. The lowest BCUT2D eigenvalue weighted by Gasteiger charge is -2.44. The van der Waals surface area contributed by atoms with E-state index in [0.29, 0.717) is 24.6 Å². The molecule has 3 fully saturated rings. The zero-order chi connectivity index (χ0) is 26.8. The minimum atomic E-state index is -1.73. The summed E-state index contributed by atoms with van der Waals surface area (Å²) in [6.07, 6.45) is 1.60. The van der Waals surface area contributed by atoms with Crippen molar-refractivity contribution in [2.75, 3.05) is 4.90 Å². The molecule has 3 aliphatic rings. The van der Waals surface area contributed by atoms with Crippen LogP contribution in [0.3, 0.4) is 0 Å². The molecule has 196 valence electrons. The number of aromatic hydroxyl groups is 1. The van der Waals surface area contributed by atoms with Crippen LogP contribution in [0.5, 0.6) is 5.75 Å². The van der Waals surface area contributed by atoms with Crippen LogP contribution in [-0.2, 0) is 14.3 Å². The highest BCUT2D eigenvalue weighted by Crippen LogP contribution is 2.59. The maximum Gasteiger partial charge on any atom is 0.488 e. The molecule has 6 rings (SSSR count). The van der Waals surface area contributed by atoms with Crippen LogP contribution < -0.4 is 10.4 Å². The van der Waals surface area contributed by atoms with E-state index in [4.69, 9.17) is 4.74 Å². The van der Waals surface area contributed by atoms with Crippen molar-refractivity contribution in [2.45, 2.75) is 44.5 Å². The topological polar surface area (TPSA) is 128 Å². The highest BCUT2D eigenvalue weighted by molar-refractivity contribution is 6.58. The first-order valence-electron chi connectivity index (χ1n) is 13.2. The molecule has 38 heavy (non-hydrogen) atoms. The maximum atomic E-state index is 13.9. The number of fused-ring (bicyclic) bond motifs is 4. The van der Waals surface area contributed by atoms with Gasteiger partial charge in [0, 0.05) is 17.2 Å². The Bertz CT molecular complexity index is 1430. The number of phenolic OH excluding ortho intramolecular Hbond substituents is 1. The molecule has 0 bridgehead atoms. The van der Waals surface area contributed by atoms with Gasteiger partial charge in [0.1, 0.15) is 5.75 Å². The molecule has 2 aliphatic heterocycles. The van der Waals surface area contributed by atoms with Gasteiger partial charge in [0.15, 0.2) is 5.79 Å². The summed E-state index contributed by atoms with van der Waals surface area (Å²) in [5.74, 6) is -4.41. The molecule has 2 amide bonds. The highest BCUT2D eigenvalue weighted by Gasteiger charge is 2.66. The third-order valence-electron chi connectivity index (χ3n) is 8.71. The first kappa shape index (κ1) is 25.1. The van der Waals surface area contributed by atoms with Gasteiger partial charge in [0.25, 0.3) is 0 Å². The number of carbonyl (C=O) groups is 2. The Balaban J connectivity index is 1.40. The van der Waals surface area contributed by atoms with Crippen molar-refractivity contribution in [1.82, 2.24) is 0 Å². The van der Waals surface area contributed by atoms with Gasteiger partial charge in [-0.25, -0.2) is 0 Å². The van der Waals surface area contributed by atoms with E-state index >= 15 is 0 Å². The van der Waals surface area contributed by atoms with E-state index in [1.54, 1.807) is 24.3 Å². The van der Waals surface area contributed by atoms with E-state index < -0.39 is 42.7 Å². The molecule has 0 unspecified atom stereocenters. The molecule has 9 heteroatoms. The Morgan fingerprint density at radius 2 is 1.76 bits per heavy atom. The lowest BCUT2D eigenvalue weighted by atomic mass is 9.63. The number of hydrogen-bond acceptors (Lipinski definition) is 7. The first-order valence-corrected chi connectivity index (χ1v) is 13.2. The van der Waals surface area contributed by atoms with Crippen molar-refractivity contribution in [3.8, 4) is 5.75 Å². The van der Waals surface area contributed by atoms with Gasteiger partial charge < -0.3 is 25.0 Å².